The number of amides is 1. The molecule has 0 aliphatic rings. The summed E-state index contributed by atoms with van der Waals surface area (Å²) in [6.07, 6.45) is 1.57. The summed E-state index contributed by atoms with van der Waals surface area (Å²) in [6, 6.07) is 11.6. The number of carbonyl (C=O) groups excluding carboxylic acids is 1. The standard InChI is InChI=1S/C19H18N6O2S2/c1-11-14(8-9-27-11)16-23-24-19(25(16)20)29-12(2)17(26)22-18-21-15(10-28-18)13-6-4-3-5-7-13/h3-10,12H,20H2,1-2H3,(H,21,22,26). The molecule has 1 amide bonds. The molecular formula is C19H18N6O2S2. The van der Waals surface area contributed by atoms with Gasteiger partial charge in [-0.3, -0.25) is 4.79 Å². The van der Waals surface area contributed by atoms with E-state index in [4.69, 9.17) is 10.3 Å². The van der Waals surface area contributed by atoms with Crippen molar-refractivity contribution in [3.05, 3.63) is 53.8 Å². The SMILES string of the molecule is Cc1occc1-c1nnc(SC(C)C(=O)Nc2nc(-c3ccccc3)cs2)n1N. The zero-order valence-electron chi connectivity index (χ0n) is 15.7. The lowest BCUT2D eigenvalue weighted by Crippen LogP contribution is -2.23. The van der Waals surface area contributed by atoms with Gasteiger partial charge in [0.2, 0.25) is 11.1 Å². The summed E-state index contributed by atoms with van der Waals surface area (Å²) in [7, 11) is 0. The van der Waals surface area contributed by atoms with Crippen molar-refractivity contribution in [1.29, 1.82) is 0 Å². The van der Waals surface area contributed by atoms with Crippen LogP contribution in [0.15, 0.2) is 57.6 Å². The number of aryl methyl sites for hydroxylation is 1. The van der Waals surface area contributed by atoms with E-state index < -0.39 is 5.25 Å². The average molecular weight is 427 g/mol. The van der Waals surface area contributed by atoms with Crippen LogP contribution < -0.4 is 11.2 Å². The van der Waals surface area contributed by atoms with E-state index in [1.54, 1.807) is 19.3 Å². The van der Waals surface area contributed by atoms with Crippen LogP contribution in [-0.4, -0.2) is 31.0 Å². The molecule has 29 heavy (non-hydrogen) atoms. The second kappa shape index (κ2) is 8.10. The lowest BCUT2D eigenvalue weighted by Gasteiger charge is -2.09. The number of nitrogens with two attached hydrogens (primary N) is 1. The van der Waals surface area contributed by atoms with Gasteiger partial charge < -0.3 is 15.6 Å². The predicted molar refractivity (Wildman–Crippen MR) is 114 cm³/mol. The number of anilines is 1. The van der Waals surface area contributed by atoms with Crippen LogP contribution in [0.25, 0.3) is 22.6 Å². The minimum atomic E-state index is -0.441. The first-order chi connectivity index (χ1) is 14.0. The van der Waals surface area contributed by atoms with Gasteiger partial charge in [0.05, 0.1) is 22.8 Å². The summed E-state index contributed by atoms with van der Waals surface area (Å²) in [5.41, 5.74) is 2.60. The number of thioether (sulfide) groups is 1. The number of hydrogen-bond donors (Lipinski definition) is 2. The van der Waals surface area contributed by atoms with Gasteiger partial charge in [-0.05, 0) is 19.9 Å². The van der Waals surface area contributed by atoms with Gasteiger partial charge in [0.25, 0.3) is 0 Å². The number of hydrogen-bond acceptors (Lipinski definition) is 8. The van der Waals surface area contributed by atoms with Crippen molar-refractivity contribution in [2.24, 2.45) is 0 Å². The normalized spacial score (nSPS) is 12.1. The molecule has 0 aliphatic carbocycles. The number of nitrogen functional groups attached to an aromatic ring is 1. The third kappa shape index (κ3) is 4.03. The van der Waals surface area contributed by atoms with E-state index in [1.807, 2.05) is 42.6 Å². The van der Waals surface area contributed by atoms with E-state index >= 15 is 0 Å². The summed E-state index contributed by atoms with van der Waals surface area (Å²) < 4.78 is 6.65. The second-order valence-corrected chi connectivity index (χ2v) is 8.39. The van der Waals surface area contributed by atoms with E-state index in [2.05, 4.69) is 20.5 Å². The number of thiazole rings is 1. The average Bonchev–Trinajstić information content (AvgIpc) is 3.44. The van der Waals surface area contributed by atoms with Crippen LogP contribution in [0.1, 0.15) is 12.7 Å². The molecule has 0 fully saturated rings. The molecule has 8 nitrogen and oxygen atoms in total. The van der Waals surface area contributed by atoms with Crippen LogP contribution in [0.5, 0.6) is 0 Å². The van der Waals surface area contributed by atoms with Crippen LogP contribution in [0.2, 0.25) is 0 Å². The van der Waals surface area contributed by atoms with Crippen molar-refractivity contribution in [2.75, 3.05) is 11.2 Å². The van der Waals surface area contributed by atoms with E-state index in [-0.39, 0.29) is 5.91 Å². The molecule has 1 unspecified atom stereocenters. The number of rotatable bonds is 6. The van der Waals surface area contributed by atoms with Crippen LogP contribution >= 0.6 is 23.1 Å². The topological polar surface area (TPSA) is 112 Å². The molecule has 4 aromatic rings. The largest absolute Gasteiger partial charge is 0.469 e. The first kappa shape index (κ1) is 19.2. The van der Waals surface area contributed by atoms with Crippen molar-refractivity contribution in [3.8, 4) is 22.6 Å². The molecule has 3 N–H and O–H groups in total. The number of nitrogens with one attached hydrogen (secondary N) is 1. The van der Waals surface area contributed by atoms with Crippen LogP contribution in [0.3, 0.4) is 0 Å². The first-order valence-electron chi connectivity index (χ1n) is 8.76. The maximum atomic E-state index is 12.6. The molecule has 1 aromatic carbocycles. The van der Waals surface area contributed by atoms with Gasteiger partial charge in [0.1, 0.15) is 5.76 Å². The highest BCUT2D eigenvalue weighted by Gasteiger charge is 2.22. The summed E-state index contributed by atoms with van der Waals surface area (Å²) in [4.78, 5) is 17.1. The summed E-state index contributed by atoms with van der Waals surface area (Å²) in [5.74, 6) is 7.12. The molecular weight excluding hydrogens is 408 g/mol. The van der Waals surface area contributed by atoms with E-state index in [0.717, 1.165) is 16.8 Å². The zero-order chi connectivity index (χ0) is 20.4. The maximum Gasteiger partial charge on any atom is 0.239 e. The Kier molecular flexibility index (Phi) is 5.36. The van der Waals surface area contributed by atoms with Gasteiger partial charge in [-0.25, -0.2) is 9.66 Å². The molecule has 1 atom stereocenters. The van der Waals surface area contributed by atoms with Crippen LogP contribution in [0.4, 0.5) is 5.13 Å². The fourth-order valence-corrected chi connectivity index (χ4v) is 4.14. The van der Waals surface area contributed by atoms with Gasteiger partial charge in [-0.1, -0.05) is 42.1 Å². The molecule has 0 saturated heterocycles. The Bertz CT molecular complexity index is 1130. The van der Waals surface area contributed by atoms with E-state index in [9.17, 15) is 4.79 Å². The highest BCUT2D eigenvalue weighted by atomic mass is 32.2. The minimum absolute atomic E-state index is 0.187. The van der Waals surface area contributed by atoms with Gasteiger partial charge in [-0.15, -0.1) is 21.5 Å². The van der Waals surface area contributed by atoms with Crippen molar-refractivity contribution < 1.29 is 9.21 Å². The molecule has 0 bridgehead atoms. The molecule has 3 aromatic heterocycles. The molecule has 0 spiro atoms. The molecule has 148 valence electrons. The smallest absolute Gasteiger partial charge is 0.239 e. The second-order valence-electron chi connectivity index (χ2n) is 6.22. The fourth-order valence-electron chi connectivity index (χ4n) is 2.65. The number of benzene rings is 1. The minimum Gasteiger partial charge on any atom is -0.469 e. The highest BCUT2D eigenvalue weighted by molar-refractivity contribution is 8.00. The Morgan fingerprint density at radius 1 is 1.28 bits per heavy atom. The van der Waals surface area contributed by atoms with Gasteiger partial charge in [-0.2, -0.15) is 0 Å². The summed E-state index contributed by atoms with van der Waals surface area (Å²) in [5, 5.41) is 13.5. The lowest BCUT2D eigenvalue weighted by molar-refractivity contribution is -0.115. The van der Waals surface area contributed by atoms with Crippen LogP contribution in [-0.2, 0) is 4.79 Å². The third-order valence-electron chi connectivity index (χ3n) is 4.22. The zero-order valence-corrected chi connectivity index (χ0v) is 17.3. The number of nitrogens with zero attached hydrogens (tertiary/aromatic N) is 4. The van der Waals surface area contributed by atoms with Gasteiger partial charge >= 0.3 is 0 Å². The number of carbonyl (C=O) groups is 1. The van der Waals surface area contributed by atoms with Gasteiger partial charge in [0, 0.05) is 10.9 Å². The monoisotopic (exact) mass is 426 g/mol. The molecule has 0 aliphatic heterocycles. The predicted octanol–water partition coefficient (Wildman–Crippen LogP) is 3.80. The molecule has 3 heterocycles. The molecule has 0 radical (unpaired) electrons. The Morgan fingerprint density at radius 3 is 2.79 bits per heavy atom. The Labute approximate surface area is 175 Å². The first-order valence-corrected chi connectivity index (χ1v) is 10.5. The van der Waals surface area contributed by atoms with Crippen molar-refractivity contribution >= 4 is 34.1 Å². The van der Waals surface area contributed by atoms with Gasteiger partial charge in [0.15, 0.2) is 11.0 Å². The fraction of sp³-hybridized carbons (Fsp3) is 0.158. The highest BCUT2D eigenvalue weighted by Crippen LogP contribution is 2.29. The van der Waals surface area contributed by atoms with Crippen molar-refractivity contribution in [3.63, 3.8) is 0 Å². The Morgan fingerprint density at radius 2 is 2.07 bits per heavy atom. The van der Waals surface area contributed by atoms with Crippen molar-refractivity contribution in [1.82, 2.24) is 19.9 Å². The molecule has 0 saturated carbocycles. The third-order valence-corrected chi connectivity index (χ3v) is 6.03. The summed E-state index contributed by atoms with van der Waals surface area (Å²) >= 11 is 2.61. The summed E-state index contributed by atoms with van der Waals surface area (Å²) in [6.45, 7) is 3.60. The Balaban J connectivity index is 1.42. The van der Waals surface area contributed by atoms with E-state index in [1.165, 1.54) is 27.8 Å². The number of aromatic nitrogens is 4. The Hall–Kier alpha value is -3.11. The van der Waals surface area contributed by atoms with E-state index in [0.29, 0.717) is 21.9 Å². The maximum absolute atomic E-state index is 12.6. The lowest BCUT2D eigenvalue weighted by atomic mass is 10.2. The van der Waals surface area contributed by atoms with Crippen LogP contribution in [0, 0.1) is 6.92 Å². The number of furan rings is 1. The molecule has 4 rings (SSSR count). The molecule has 10 heteroatoms. The van der Waals surface area contributed by atoms with Crippen molar-refractivity contribution in [2.45, 2.75) is 24.3 Å². The quantitative estimate of drug-likeness (QED) is 0.356.